The molecule has 0 radical (unpaired) electrons. The molecule has 0 aliphatic rings. The Hall–Kier alpha value is -3.32. The lowest BCUT2D eigenvalue weighted by Crippen LogP contribution is -2.41. The Morgan fingerprint density at radius 2 is 1.76 bits per heavy atom. The fraction of sp³-hybridized carbons (Fsp3) is 0.174. The highest BCUT2D eigenvalue weighted by Crippen LogP contribution is 2.12. The highest BCUT2D eigenvalue weighted by Gasteiger charge is 2.25. The number of hydrogen-bond acceptors (Lipinski definition) is 4. The number of benzene rings is 2. The lowest BCUT2D eigenvalue weighted by Gasteiger charge is -2.14. The van der Waals surface area contributed by atoms with Crippen LogP contribution in [0.25, 0.3) is 0 Å². The molecule has 0 bridgehead atoms. The smallest absolute Gasteiger partial charge is 0.324 e. The third-order valence-corrected chi connectivity index (χ3v) is 5.37. The van der Waals surface area contributed by atoms with Crippen LogP contribution < -0.4 is 4.72 Å². The van der Waals surface area contributed by atoms with Crippen LogP contribution in [0.3, 0.4) is 0 Å². The highest BCUT2D eigenvalue weighted by atomic mass is 32.2. The first-order valence-electron chi connectivity index (χ1n) is 8.74. The van der Waals surface area contributed by atoms with Crippen LogP contribution in [-0.2, 0) is 19.6 Å². The van der Waals surface area contributed by atoms with Crippen molar-refractivity contribution >= 4 is 16.0 Å². The molecule has 5 nitrogen and oxygen atoms in total. The Kier molecular flexibility index (Phi) is 7.79. The topological polar surface area (TPSA) is 72.5 Å². The van der Waals surface area contributed by atoms with Crippen LogP contribution in [0.5, 0.6) is 0 Å². The number of allylic oxidation sites excluding steroid dienone is 1. The van der Waals surface area contributed by atoms with Crippen LogP contribution >= 0.6 is 0 Å². The van der Waals surface area contributed by atoms with Crippen LogP contribution in [-0.4, -0.2) is 27.5 Å². The largest absolute Gasteiger partial charge is 0.468 e. The third kappa shape index (κ3) is 6.36. The average Bonchev–Trinajstić information content (AvgIpc) is 2.72. The summed E-state index contributed by atoms with van der Waals surface area (Å²) in [5.74, 6) is 10.8. The van der Waals surface area contributed by atoms with Gasteiger partial charge in [-0.3, -0.25) is 4.79 Å². The Morgan fingerprint density at radius 3 is 2.34 bits per heavy atom. The fourth-order valence-electron chi connectivity index (χ4n) is 2.37. The van der Waals surface area contributed by atoms with E-state index in [1.807, 2.05) is 25.1 Å². The van der Waals surface area contributed by atoms with Gasteiger partial charge in [-0.1, -0.05) is 60.1 Å². The van der Waals surface area contributed by atoms with Crippen molar-refractivity contribution in [2.45, 2.75) is 24.3 Å². The molecule has 2 aromatic rings. The molecule has 0 saturated carbocycles. The van der Waals surface area contributed by atoms with Gasteiger partial charge in [0.2, 0.25) is 10.0 Å². The van der Waals surface area contributed by atoms with E-state index in [1.165, 1.54) is 25.3 Å². The van der Waals surface area contributed by atoms with Crippen LogP contribution in [0.15, 0.2) is 66.1 Å². The minimum Gasteiger partial charge on any atom is -0.468 e. The molecular formula is C23H21NO4S. The van der Waals surface area contributed by atoms with E-state index >= 15 is 0 Å². The van der Waals surface area contributed by atoms with Gasteiger partial charge in [-0.2, -0.15) is 4.72 Å². The molecule has 0 aromatic heterocycles. The number of aryl methyl sites for hydroxylation is 1. The van der Waals surface area contributed by atoms with Crippen LogP contribution in [0.2, 0.25) is 0 Å². The normalized spacial score (nSPS) is 11.2. The van der Waals surface area contributed by atoms with E-state index in [0.29, 0.717) is 5.56 Å². The van der Waals surface area contributed by atoms with Gasteiger partial charge >= 0.3 is 5.97 Å². The zero-order valence-corrected chi connectivity index (χ0v) is 17.0. The average molecular weight is 407 g/mol. The van der Waals surface area contributed by atoms with Crippen LogP contribution in [0, 0.1) is 30.6 Å². The molecule has 1 atom stereocenters. The van der Waals surface area contributed by atoms with Gasteiger partial charge in [0.15, 0.2) is 0 Å². The van der Waals surface area contributed by atoms with Crippen molar-refractivity contribution in [1.82, 2.24) is 4.72 Å². The van der Waals surface area contributed by atoms with Crippen molar-refractivity contribution in [1.29, 1.82) is 0 Å². The minimum atomic E-state index is -3.90. The van der Waals surface area contributed by atoms with E-state index in [-0.39, 0.29) is 11.3 Å². The number of methoxy groups -OCH3 is 1. The van der Waals surface area contributed by atoms with E-state index in [1.54, 1.807) is 18.2 Å². The summed E-state index contributed by atoms with van der Waals surface area (Å²) in [6.45, 7) is 5.41. The molecule has 0 aliphatic heterocycles. The molecule has 0 amide bonds. The molecular weight excluding hydrogens is 386 g/mol. The summed E-state index contributed by atoms with van der Waals surface area (Å²) in [6.07, 6.45) is 1.43. The van der Waals surface area contributed by atoms with Crippen molar-refractivity contribution in [2.75, 3.05) is 7.11 Å². The predicted octanol–water partition coefficient (Wildman–Crippen LogP) is 2.79. The first-order valence-corrected chi connectivity index (χ1v) is 10.2. The zero-order valence-electron chi connectivity index (χ0n) is 16.2. The molecule has 0 fully saturated rings. The van der Waals surface area contributed by atoms with E-state index in [9.17, 15) is 13.2 Å². The Bertz CT molecular complexity index is 1110. The quantitative estimate of drug-likeness (QED) is 0.611. The van der Waals surface area contributed by atoms with Crippen LogP contribution in [0.4, 0.5) is 0 Å². The number of carbonyl (C=O) groups excluding carboxylic acids is 1. The maximum absolute atomic E-state index is 12.6. The number of hydrogen-bond donors (Lipinski definition) is 1. The summed E-state index contributed by atoms with van der Waals surface area (Å²) < 4.78 is 32.3. The Balaban J connectivity index is 2.24. The fourth-order valence-corrected chi connectivity index (χ4v) is 3.55. The van der Waals surface area contributed by atoms with Gasteiger partial charge in [-0.25, -0.2) is 8.42 Å². The number of sulfonamides is 1. The SMILES string of the molecule is C=CC#Cc1ccccc1C#CCC(NS(=O)(=O)c1ccc(C)cc1)C(=O)OC. The second-order valence-corrected chi connectivity index (χ2v) is 7.75. The van der Waals surface area contributed by atoms with Crippen molar-refractivity contribution in [3.8, 4) is 23.7 Å². The number of rotatable bonds is 5. The Labute approximate surface area is 171 Å². The minimum absolute atomic E-state index is 0.0546. The molecule has 1 unspecified atom stereocenters. The van der Waals surface area contributed by atoms with Crippen molar-refractivity contribution in [3.63, 3.8) is 0 Å². The standard InChI is InChI=1S/C23H21NO4S/c1-4-5-9-19-10-6-7-11-20(19)12-8-13-22(23(25)28-3)24-29(26,27)21-16-14-18(2)15-17-21/h4,6-7,10-11,14-17,22,24H,1,13H2,2-3H3. The number of ether oxygens (including phenoxy) is 1. The highest BCUT2D eigenvalue weighted by molar-refractivity contribution is 7.89. The summed E-state index contributed by atoms with van der Waals surface area (Å²) in [6, 6.07) is 12.5. The Morgan fingerprint density at radius 1 is 1.14 bits per heavy atom. The van der Waals surface area contributed by atoms with Gasteiger partial charge in [0.25, 0.3) is 0 Å². The maximum atomic E-state index is 12.6. The number of carbonyl (C=O) groups is 1. The zero-order chi connectivity index (χ0) is 21.3. The molecule has 2 aromatic carbocycles. The first-order chi connectivity index (χ1) is 13.9. The number of nitrogens with one attached hydrogen (secondary N) is 1. The lowest BCUT2D eigenvalue weighted by molar-refractivity contribution is -0.142. The lowest BCUT2D eigenvalue weighted by atomic mass is 10.1. The van der Waals surface area contributed by atoms with Crippen molar-refractivity contribution < 1.29 is 17.9 Å². The van der Waals surface area contributed by atoms with Crippen molar-refractivity contribution in [2.24, 2.45) is 0 Å². The summed E-state index contributed by atoms with van der Waals surface area (Å²) in [5, 5.41) is 0. The van der Waals surface area contributed by atoms with Crippen molar-refractivity contribution in [3.05, 3.63) is 77.9 Å². The molecule has 2 rings (SSSR count). The van der Waals surface area contributed by atoms with E-state index < -0.39 is 22.0 Å². The van der Waals surface area contributed by atoms with Gasteiger partial charge in [0, 0.05) is 17.5 Å². The molecule has 0 spiro atoms. The van der Waals surface area contributed by atoms with E-state index in [0.717, 1.165) is 11.1 Å². The van der Waals surface area contributed by atoms with Gasteiger partial charge in [0.05, 0.1) is 12.0 Å². The monoisotopic (exact) mass is 407 g/mol. The summed E-state index contributed by atoms with van der Waals surface area (Å²) in [7, 11) is -2.70. The second-order valence-electron chi connectivity index (χ2n) is 6.04. The summed E-state index contributed by atoms with van der Waals surface area (Å²) >= 11 is 0. The van der Waals surface area contributed by atoms with E-state index in [4.69, 9.17) is 4.74 Å². The van der Waals surface area contributed by atoms with Gasteiger partial charge < -0.3 is 4.74 Å². The molecule has 0 heterocycles. The first kappa shape index (κ1) is 22.0. The number of esters is 1. The third-order valence-electron chi connectivity index (χ3n) is 3.88. The molecule has 148 valence electrons. The molecule has 0 saturated heterocycles. The van der Waals surface area contributed by atoms with Gasteiger partial charge in [-0.05, 0) is 37.3 Å². The molecule has 29 heavy (non-hydrogen) atoms. The van der Waals surface area contributed by atoms with Gasteiger partial charge in [-0.15, -0.1) is 0 Å². The summed E-state index contributed by atoms with van der Waals surface area (Å²) in [4.78, 5) is 12.1. The van der Waals surface area contributed by atoms with Gasteiger partial charge in [0.1, 0.15) is 6.04 Å². The molecule has 0 aliphatic carbocycles. The maximum Gasteiger partial charge on any atom is 0.324 e. The molecule has 1 N–H and O–H groups in total. The summed E-state index contributed by atoms with van der Waals surface area (Å²) in [5.41, 5.74) is 2.32. The van der Waals surface area contributed by atoms with E-state index in [2.05, 4.69) is 35.0 Å². The second kappa shape index (κ2) is 10.3. The predicted molar refractivity (Wildman–Crippen MR) is 112 cm³/mol. The molecule has 6 heteroatoms. The van der Waals surface area contributed by atoms with Crippen LogP contribution in [0.1, 0.15) is 23.1 Å².